The highest BCUT2D eigenvalue weighted by atomic mass is 32.1. The molecule has 3 aromatic rings. The summed E-state index contributed by atoms with van der Waals surface area (Å²) in [6.45, 7) is 2.73. The van der Waals surface area contributed by atoms with Crippen LogP contribution in [0.5, 0.6) is 0 Å². The highest BCUT2D eigenvalue weighted by Crippen LogP contribution is 2.16. The zero-order valence-corrected chi connectivity index (χ0v) is 12.0. The fourth-order valence-electron chi connectivity index (χ4n) is 2.34. The van der Waals surface area contributed by atoms with E-state index in [1.54, 1.807) is 17.4 Å². The number of hydrogen-bond acceptors (Lipinski definition) is 2. The quantitative estimate of drug-likeness (QED) is 0.685. The second-order valence-electron chi connectivity index (χ2n) is 4.84. The minimum Gasteiger partial charge on any atom is -0.346 e. The number of halogens is 1. The van der Waals surface area contributed by atoms with Crippen molar-refractivity contribution in [1.29, 1.82) is 0 Å². The fraction of sp³-hybridized carbons (Fsp3) is 0.250. The monoisotopic (exact) mass is 288 g/mol. The van der Waals surface area contributed by atoms with Crippen molar-refractivity contribution in [1.82, 2.24) is 9.88 Å². The van der Waals surface area contributed by atoms with Gasteiger partial charge in [-0.3, -0.25) is 0 Å². The molecule has 3 rings (SSSR count). The number of aromatic nitrogens is 1. The van der Waals surface area contributed by atoms with Crippen molar-refractivity contribution in [3.63, 3.8) is 0 Å². The third-order valence-electron chi connectivity index (χ3n) is 3.44. The van der Waals surface area contributed by atoms with Crippen LogP contribution in [0.3, 0.4) is 0 Å². The van der Waals surface area contributed by atoms with E-state index in [0.717, 1.165) is 37.0 Å². The molecule has 104 valence electrons. The van der Waals surface area contributed by atoms with E-state index in [2.05, 4.69) is 26.7 Å². The number of fused-ring (bicyclic) bond motifs is 1. The first kappa shape index (κ1) is 13.3. The average molecular weight is 288 g/mol. The maximum Gasteiger partial charge on any atom is 0.125 e. The van der Waals surface area contributed by atoms with Gasteiger partial charge in [-0.2, -0.15) is 11.3 Å². The van der Waals surface area contributed by atoms with Gasteiger partial charge < -0.3 is 9.88 Å². The van der Waals surface area contributed by atoms with Crippen molar-refractivity contribution in [2.24, 2.45) is 0 Å². The van der Waals surface area contributed by atoms with Crippen molar-refractivity contribution in [3.8, 4) is 0 Å². The summed E-state index contributed by atoms with van der Waals surface area (Å²) in [6, 6.07) is 9.12. The molecular formula is C16H17FN2S. The Labute approximate surface area is 121 Å². The van der Waals surface area contributed by atoms with Crippen LogP contribution in [-0.4, -0.2) is 17.7 Å². The lowest BCUT2D eigenvalue weighted by Crippen LogP contribution is -2.22. The molecule has 0 radical (unpaired) electrons. The van der Waals surface area contributed by atoms with E-state index in [4.69, 9.17) is 0 Å². The second kappa shape index (κ2) is 6.20. The van der Waals surface area contributed by atoms with Gasteiger partial charge in [-0.25, -0.2) is 4.39 Å². The van der Waals surface area contributed by atoms with Gasteiger partial charge in [-0.15, -0.1) is 0 Å². The van der Waals surface area contributed by atoms with Crippen LogP contribution in [0.1, 0.15) is 5.56 Å². The molecule has 0 atom stereocenters. The van der Waals surface area contributed by atoms with Gasteiger partial charge in [0, 0.05) is 19.3 Å². The van der Waals surface area contributed by atoms with Crippen molar-refractivity contribution < 1.29 is 4.39 Å². The van der Waals surface area contributed by atoms with Gasteiger partial charge in [0.2, 0.25) is 0 Å². The van der Waals surface area contributed by atoms with Crippen LogP contribution in [0.4, 0.5) is 4.39 Å². The Kier molecular flexibility index (Phi) is 4.14. The number of hydrogen-bond donors (Lipinski definition) is 1. The molecule has 0 saturated heterocycles. The van der Waals surface area contributed by atoms with Crippen LogP contribution in [0, 0.1) is 5.82 Å². The molecule has 20 heavy (non-hydrogen) atoms. The molecule has 2 heterocycles. The number of thiophene rings is 1. The summed E-state index contributed by atoms with van der Waals surface area (Å²) in [7, 11) is 0. The second-order valence-corrected chi connectivity index (χ2v) is 5.62. The van der Waals surface area contributed by atoms with Gasteiger partial charge >= 0.3 is 0 Å². The maximum absolute atomic E-state index is 13.3. The van der Waals surface area contributed by atoms with E-state index < -0.39 is 0 Å². The predicted molar refractivity (Wildman–Crippen MR) is 82.8 cm³/mol. The lowest BCUT2D eigenvalue weighted by molar-refractivity contribution is 0.605. The van der Waals surface area contributed by atoms with E-state index in [9.17, 15) is 4.39 Å². The van der Waals surface area contributed by atoms with Gasteiger partial charge in [0.1, 0.15) is 5.82 Å². The molecular weight excluding hydrogens is 271 g/mol. The largest absolute Gasteiger partial charge is 0.346 e. The third-order valence-corrected chi connectivity index (χ3v) is 4.17. The Balaban J connectivity index is 1.51. The summed E-state index contributed by atoms with van der Waals surface area (Å²) in [6.07, 6.45) is 3.08. The van der Waals surface area contributed by atoms with Gasteiger partial charge in [-0.05, 0) is 65.0 Å². The van der Waals surface area contributed by atoms with Crippen LogP contribution >= 0.6 is 11.3 Å². The Hall–Kier alpha value is -1.65. The van der Waals surface area contributed by atoms with Gasteiger partial charge in [0.25, 0.3) is 0 Å². The Bertz CT molecular complexity index is 673. The zero-order valence-electron chi connectivity index (χ0n) is 11.2. The van der Waals surface area contributed by atoms with Crippen LogP contribution in [0.25, 0.3) is 10.9 Å². The Morgan fingerprint density at radius 2 is 2.10 bits per heavy atom. The summed E-state index contributed by atoms with van der Waals surface area (Å²) in [5.41, 5.74) is 2.35. The van der Waals surface area contributed by atoms with E-state index >= 15 is 0 Å². The predicted octanol–water partition coefficient (Wildman–Crippen LogP) is 3.67. The highest BCUT2D eigenvalue weighted by molar-refractivity contribution is 7.07. The Morgan fingerprint density at radius 1 is 1.15 bits per heavy atom. The highest BCUT2D eigenvalue weighted by Gasteiger charge is 2.02. The Morgan fingerprint density at radius 3 is 2.95 bits per heavy atom. The SMILES string of the molecule is Fc1ccc2ccn(CCNCCc3ccsc3)c2c1. The fourth-order valence-corrected chi connectivity index (χ4v) is 3.05. The zero-order chi connectivity index (χ0) is 13.8. The molecule has 0 fully saturated rings. The molecule has 0 spiro atoms. The molecule has 2 nitrogen and oxygen atoms in total. The smallest absolute Gasteiger partial charge is 0.125 e. The molecule has 4 heteroatoms. The van der Waals surface area contributed by atoms with E-state index in [1.807, 2.05) is 18.3 Å². The molecule has 0 aliphatic heterocycles. The summed E-state index contributed by atoms with van der Waals surface area (Å²) in [5.74, 6) is -0.178. The molecule has 1 N–H and O–H groups in total. The van der Waals surface area contributed by atoms with Crippen LogP contribution in [-0.2, 0) is 13.0 Å². The maximum atomic E-state index is 13.3. The van der Waals surface area contributed by atoms with Crippen LogP contribution in [0.2, 0.25) is 0 Å². The lowest BCUT2D eigenvalue weighted by Gasteiger charge is -2.07. The molecule has 0 unspecified atom stereocenters. The molecule has 0 aliphatic carbocycles. The van der Waals surface area contributed by atoms with E-state index in [0.29, 0.717) is 0 Å². The minimum atomic E-state index is -0.178. The van der Waals surface area contributed by atoms with E-state index in [-0.39, 0.29) is 5.82 Å². The topological polar surface area (TPSA) is 17.0 Å². The molecule has 0 aliphatic rings. The minimum absolute atomic E-state index is 0.178. The van der Waals surface area contributed by atoms with Crippen LogP contribution in [0.15, 0.2) is 47.3 Å². The van der Waals surface area contributed by atoms with Crippen molar-refractivity contribution >= 4 is 22.2 Å². The van der Waals surface area contributed by atoms with Gasteiger partial charge in [0.15, 0.2) is 0 Å². The van der Waals surface area contributed by atoms with Crippen molar-refractivity contribution in [2.45, 2.75) is 13.0 Å². The van der Waals surface area contributed by atoms with Crippen molar-refractivity contribution in [3.05, 3.63) is 58.7 Å². The summed E-state index contributed by atoms with van der Waals surface area (Å²) < 4.78 is 15.4. The first-order chi connectivity index (χ1) is 9.83. The summed E-state index contributed by atoms with van der Waals surface area (Å²) in [4.78, 5) is 0. The standard InChI is InChI=1S/C16H17FN2S/c17-15-2-1-14-4-8-19(16(14)11-15)9-7-18-6-3-13-5-10-20-12-13/h1-2,4-5,8,10-12,18H,3,6-7,9H2. The van der Waals surface area contributed by atoms with Crippen LogP contribution < -0.4 is 5.32 Å². The molecule has 1 aromatic carbocycles. The van der Waals surface area contributed by atoms with Gasteiger partial charge in [0.05, 0.1) is 5.52 Å². The number of benzene rings is 1. The first-order valence-corrected chi connectivity index (χ1v) is 7.73. The summed E-state index contributed by atoms with van der Waals surface area (Å²) >= 11 is 1.74. The van der Waals surface area contributed by atoms with Gasteiger partial charge in [-0.1, -0.05) is 0 Å². The molecule has 2 aromatic heterocycles. The van der Waals surface area contributed by atoms with E-state index in [1.165, 1.54) is 11.6 Å². The third kappa shape index (κ3) is 3.08. The van der Waals surface area contributed by atoms with Crippen molar-refractivity contribution in [2.75, 3.05) is 13.1 Å². The molecule has 0 amide bonds. The first-order valence-electron chi connectivity index (χ1n) is 6.79. The molecule has 0 bridgehead atoms. The average Bonchev–Trinajstić information content (AvgIpc) is 3.08. The molecule has 0 saturated carbocycles. The lowest BCUT2D eigenvalue weighted by atomic mass is 10.2. The number of nitrogens with one attached hydrogen (secondary N) is 1. The normalized spacial score (nSPS) is 11.2. The number of nitrogens with zero attached hydrogens (tertiary/aromatic N) is 1. The number of rotatable bonds is 6. The summed E-state index contributed by atoms with van der Waals surface area (Å²) in [5, 5.41) is 8.81.